The Balaban J connectivity index is 1.52. The quantitative estimate of drug-likeness (QED) is 0.886. The first-order valence-electron chi connectivity index (χ1n) is 9.28. The van der Waals surface area contributed by atoms with Gasteiger partial charge in [0.2, 0.25) is 0 Å². The third kappa shape index (κ3) is 5.16. The minimum absolute atomic E-state index is 0.0640. The third-order valence-corrected chi connectivity index (χ3v) is 4.65. The van der Waals surface area contributed by atoms with Crippen molar-refractivity contribution in [2.75, 3.05) is 13.1 Å². The summed E-state index contributed by atoms with van der Waals surface area (Å²) in [6, 6.07) is 17.5. The average Bonchev–Trinajstić information content (AvgIpc) is 2.68. The van der Waals surface area contributed by atoms with Crippen molar-refractivity contribution in [3.8, 4) is 6.07 Å². The molecule has 2 aromatic rings. The average molecular weight is 363 g/mol. The first-order valence-corrected chi connectivity index (χ1v) is 9.28. The van der Waals surface area contributed by atoms with E-state index < -0.39 is 0 Å². The first kappa shape index (κ1) is 19.1. The van der Waals surface area contributed by atoms with Crippen LogP contribution < -0.4 is 5.32 Å². The number of nitrogens with one attached hydrogen (secondary N) is 1. The summed E-state index contributed by atoms with van der Waals surface area (Å²) >= 11 is 0. The number of nitrogens with zero attached hydrogens (tertiary/aromatic N) is 2. The molecule has 2 atom stereocenters. The molecule has 27 heavy (non-hydrogen) atoms. The van der Waals surface area contributed by atoms with E-state index in [1.54, 1.807) is 0 Å². The number of hydrogen-bond donors (Lipinski definition) is 1. The van der Waals surface area contributed by atoms with Crippen LogP contribution in [-0.4, -0.2) is 36.1 Å². The van der Waals surface area contributed by atoms with Crippen molar-refractivity contribution >= 4 is 5.91 Å². The van der Waals surface area contributed by atoms with Gasteiger partial charge in [-0.25, -0.2) is 0 Å². The topological polar surface area (TPSA) is 65.4 Å². The van der Waals surface area contributed by atoms with Crippen molar-refractivity contribution in [3.05, 3.63) is 70.8 Å². The highest BCUT2D eigenvalue weighted by molar-refractivity contribution is 5.94. The maximum absolute atomic E-state index is 12.7. The normalized spacial score (nSPS) is 19.5. The largest absolute Gasteiger partial charge is 0.372 e. The Kier molecular flexibility index (Phi) is 6.23. The Bertz CT molecular complexity index is 799. The van der Waals surface area contributed by atoms with Crippen LogP contribution in [0.1, 0.15) is 40.9 Å². The second-order valence-electron chi connectivity index (χ2n) is 7.08. The summed E-state index contributed by atoms with van der Waals surface area (Å²) in [6.45, 7) is 6.72. The fourth-order valence-corrected chi connectivity index (χ4v) is 3.34. The molecule has 0 saturated carbocycles. The molecule has 1 aliphatic heterocycles. The summed E-state index contributed by atoms with van der Waals surface area (Å²) in [6.07, 6.45) is 0.145. The van der Waals surface area contributed by atoms with Crippen LogP contribution in [0.15, 0.2) is 48.5 Å². The Morgan fingerprint density at radius 1 is 1.04 bits per heavy atom. The van der Waals surface area contributed by atoms with E-state index in [0.717, 1.165) is 24.2 Å². The maximum Gasteiger partial charge on any atom is 0.254 e. The van der Waals surface area contributed by atoms with Crippen LogP contribution in [0.25, 0.3) is 0 Å². The SMILES string of the molecule is C[C@@H]1CN(C(=O)c2ccc(CNCc3ccc(C#N)cc3)cc2)C[C@H](C)O1. The van der Waals surface area contributed by atoms with Gasteiger partial charge in [-0.3, -0.25) is 4.79 Å². The predicted molar refractivity (Wildman–Crippen MR) is 104 cm³/mol. The number of carbonyl (C=O) groups is 1. The lowest BCUT2D eigenvalue weighted by molar-refractivity contribution is -0.0586. The third-order valence-electron chi connectivity index (χ3n) is 4.65. The monoisotopic (exact) mass is 363 g/mol. The molecule has 5 heteroatoms. The number of carbonyl (C=O) groups excluding carboxylic acids is 1. The van der Waals surface area contributed by atoms with E-state index in [9.17, 15) is 4.79 Å². The number of hydrogen-bond acceptors (Lipinski definition) is 4. The van der Waals surface area contributed by atoms with Crippen LogP contribution in [0.3, 0.4) is 0 Å². The van der Waals surface area contributed by atoms with Gasteiger partial charge in [-0.15, -0.1) is 0 Å². The van der Waals surface area contributed by atoms with Gasteiger partial charge in [0.15, 0.2) is 0 Å². The molecule has 0 spiro atoms. The molecule has 1 fully saturated rings. The molecule has 0 unspecified atom stereocenters. The van der Waals surface area contributed by atoms with Crippen molar-refractivity contribution in [1.29, 1.82) is 5.26 Å². The fraction of sp³-hybridized carbons (Fsp3) is 0.364. The highest BCUT2D eigenvalue weighted by Gasteiger charge is 2.26. The highest BCUT2D eigenvalue weighted by Crippen LogP contribution is 2.15. The van der Waals surface area contributed by atoms with E-state index in [0.29, 0.717) is 24.2 Å². The zero-order valence-electron chi connectivity index (χ0n) is 15.8. The minimum Gasteiger partial charge on any atom is -0.372 e. The number of nitriles is 1. The van der Waals surface area contributed by atoms with Gasteiger partial charge in [0.05, 0.1) is 23.8 Å². The summed E-state index contributed by atoms with van der Waals surface area (Å²) < 4.78 is 5.70. The van der Waals surface area contributed by atoms with E-state index in [1.807, 2.05) is 67.3 Å². The Morgan fingerprint density at radius 2 is 1.56 bits per heavy atom. The van der Waals surface area contributed by atoms with Gasteiger partial charge in [0.25, 0.3) is 5.91 Å². The van der Waals surface area contributed by atoms with Crippen molar-refractivity contribution in [3.63, 3.8) is 0 Å². The lowest BCUT2D eigenvalue weighted by atomic mass is 10.1. The van der Waals surface area contributed by atoms with E-state index >= 15 is 0 Å². The Morgan fingerprint density at radius 3 is 2.07 bits per heavy atom. The van der Waals surface area contributed by atoms with E-state index in [4.69, 9.17) is 10.00 Å². The fourth-order valence-electron chi connectivity index (χ4n) is 3.34. The number of morpholine rings is 1. The predicted octanol–water partition coefficient (Wildman–Crippen LogP) is 3.10. The van der Waals surface area contributed by atoms with Gasteiger partial charge in [-0.2, -0.15) is 5.26 Å². The summed E-state index contributed by atoms with van der Waals surface area (Å²) in [4.78, 5) is 14.6. The summed E-state index contributed by atoms with van der Waals surface area (Å²) in [5.41, 5.74) is 3.65. The summed E-state index contributed by atoms with van der Waals surface area (Å²) in [5, 5.41) is 12.2. The van der Waals surface area contributed by atoms with Crippen LogP contribution in [0, 0.1) is 11.3 Å². The van der Waals surface area contributed by atoms with E-state index in [-0.39, 0.29) is 18.1 Å². The van der Waals surface area contributed by atoms with Crippen molar-refractivity contribution in [2.45, 2.75) is 39.1 Å². The number of ether oxygens (including phenoxy) is 1. The van der Waals surface area contributed by atoms with Crippen LogP contribution in [0.2, 0.25) is 0 Å². The highest BCUT2D eigenvalue weighted by atomic mass is 16.5. The van der Waals surface area contributed by atoms with Crippen LogP contribution in [-0.2, 0) is 17.8 Å². The summed E-state index contributed by atoms with van der Waals surface area (Å²) in [5.74, 6) is 0.0640. The molecule has 3 rings (SSSR count). The minimum atomic E-state index is 0.0640. The molecule has 0 aromatic heterocycles. The van der Waals surface area contributed by atoms with Gasteiger partial charge >= 0.3 is 0 Å². The number of benzene rings is 2. The van der Waals surface area contributed by atoms with Gasteiger partial charge in [-0.1, -0.05) is 24.3 Å². The Hall–Kier alpha value is -2.68. The molecule has 0 radical (unpaired) electrons. The van der Waals surface area contributed by atoms with Crippen LogP contribution in [0.4, 0.5) is 0 Å². The van der Waals surface area contributed by atoms with Gasteiger partial charge in [-0.05, 0) is 49.2 Å². The molecular formula is C22H25N3O2. The molecule has 1 saturated heterocycles. The zero-order chi connectivity index (χ0) is 19.2. The lowest BCUT2D eigenvalue weighted by Gasteiger charge is -2.35. The standard InChI is InChI=1S/C22H25N3O2/c1-16-14-25(15-17(2)27-16)22(26)21-9-7-20(8-10-21)13-24-12-19-5-3-18(11-23)4-6-19/h3-10,16-17,24H,12-15H2,1-2H3/t16-,17+. The molecule has 1 heterocycles. The van der Waals surface area contributed by atoms with Crippen molar-refractivity contribution in [2.24, 2.45) is 0 Å². The first-order chi connectivity index (χ1) is 13.0. The smallest absolute Gasteiger partial charge is 0.254 e. The molecule has 5 nitrogen and oxygen atoms in total. The van der Waals surface area contributed by atoms with Gasteiger partial charge < -0.3 is 15.0 Å². The second-order valence-corrected chi connectivity index (χ2v) is 7.08. The lowest BCUT2D eigenvalue weighted by Crippen LogP contribution is -2.48. The molecule has 140 valence electrons. The van der Waals surface area contributed by atoms with Gasteiger partial charge in [0, 0.05) is 31.7 Å². The molecule has 2 aromatic carbocycles. The molecule has 1 N–H and O–H groups in total. The molecule has 0 bridgehead atoms. The Labute approximate surface area is 160 Å². The molecule has 1 amide bonds. The second kappa shape index (κ2) is 8.81. The van der Waals surface area contributed by atoms with Crippen molar-refractivity contribution < 1.29 is 9.53 Å². The molecule has 0 aliphatic carbocycles. The number of rotatable bonds is 5. The van der Waals surface area contributed by atoms with Crippen LogP contribution in [0.5, 0.6) is 0 Å². The van der Waals surface area contributed by atoms with E-state index in [1.165, 1.54) is 0 Å². The maximum atomic E-state index is 12.7. The van der Waals surface area contributed by atoms with E-state index in [2.05, 4.69) is 11.4 Å². The summed E-state index contributed by atoms with van der Waals surface area (Å²) in [7, 11) is 0. The number of amides is 1. The molecule has 1 aliphatic rings. The molecular weight excluding hydrogens is 338 g/mol. The zero-order valence-corrected chi connectivity index (χ0v) is 15.8. The van der Waals surface area contributed by atoms with Crippen LogP contribution >= 0.6 is 0 Å². The van der Waals surface area contributed by atoms with Gasteiger partial charge in [0.1, 0.15) is 0 Å². The van der Waals surface area contributed by atoms with Crippen molar-refractivity contribution in [1.82, 2.24) is 10.2 Å².